The first kappa shape index (κ1) is 14.2. The first-order valence-corrected chi connectivity index (χ1v) is 5.94. The standard InChI is InChI=1S/C12H19N3O3/c1-9(3-4-11(16)17)5-7-13-12-14-8-6-10(15-12)18-2/h6,8-9H,3-5,7H2,1-2H3,(H,16,17)(H,13,14,15). The predicted molar refractivity (Wildman–Crippen MR) is 67.7 cm³/mol. The minimum absolute atomic E-state index is 0.219. The Morgan fingerprint density at radius 2 is 2.33 bits per heavy atom. The van der Waals surface area contributed by atoms with Crippen molar-refractivity contribution < 1.29 is 14.6 Å². The first-order valence-electron chi connectivity index (χ1n) is 5.94. The molecule has 0 aromatic carbocycles. The van der Waals surface area contributed by atoms with Gasteiger partial charge in [0.2, 0.25) is 11.8 Å². The highest BCUT2D eigenvalue weighted by molar-refractivity contribution is 5.66. The molecule has 0 bridgehead atoms. The highest BCUT2D eigenvalue weighted by Gasteiger charge is 2.06. The van der Waals surface area contributed by atoms with Crippen molar-refractivity contribution in [3.63, 3.8) is 0 Å². The number of aliphatic carboxylic acids is 1. The number of rotatable bonds is 8. The summed E-state index contributed by atoms with van der Waals surface area (Å²) < 4.78 is 4.99. The summed E-state index contributed by atoms with van der Waals surface area (Å²) in [5, 5.41) is 11.7. The van der Waals surface area contributed by atoms with E-state index >= 15 is 0 Å². The number of carboxylic acids is 1. The van der Waals surface area contributed by atoms with E-state index in [1.807, 2.05) is 6.92 Å². The molecule has 1 atom stereocenters. The lowest BCUT2D eigenvalue weighted by molar-refractivity contribution is -0.137. The van der Waals surface area contributed by atoms with E-state index in [2.05, 4.69) is 15.3 Å². The minimum Gasteiger partial charge on any atom is -0.481 e. The molecule has 18 heavy (non-hydrogen) atoms. The van der Waals surface area contributed by atoms with Gasteiger partial charge in [-0.25, -0.2) is 4.98 Å². The van der Waals surface area contributed by atoms with Gasteiger partial charge in [0.05, 0.1) is 7.11 Å². The quantitative estimate of drug-likeness (QED) is 0.734. The van der Waals surface area contributed by atoms with Crippen molar-refractivity contribution >= 4 is 11.9 Å². The normalized spacial score (nSPS) is 11.9. The van der Waals surface area contributed by atoms with Crippen LogP contribution in [0.25, 0.3) is 0 Å². The number of ether oxygens (including phenoxy) is 1. The Labute approximate surface area is 106 Å². The third-order valence-corrected chi connectivity index (χ3v) is 2.61. The second kappa shape index (κ2) is 7.47. The molecule has 0 saturated carbocycles. The molecule has 0 spiro atoms. The Morgan fingerprint density at radius 1 is 1.56 bits per heavy atom. The van der Waals surface area contributed by atoms with Crippen LogP contribution in [0, 0.1) is 5.92 Å². The average Bonchev–Trinajstić information content (AvgIpc) is 2.36. The zero-order valence-electron chi connectivity index (χ0n) is 10.7. The molecule has 0 saturated heterocycles. The Morgan fingerprint density at radius 3 is 3.00 bits per heavy atom. The van der Waals surface area contributed by atoms with Gasteiger partial charge in [-0.1, -0.05) is 6.92 Å². The van der Waals surface area contributed by atoms with Crippen molar-refractivity contribution in [3.8, 4) is 5.88 Å². The zero-order valence-corrected chi connectivity index (χ0v) is 10.7. The Balaban J connectivity index is 2.26. The fourth-order valence-electron chi connectivity index (χ4n) is 1.49. The van der Waals surface area contributed by atoms with Crippen molar-refractivity contribution in [1.82, 2.24) is 9.97 Å². The number of aromatic nitrogens is 2. The summed E-state index contributed by atoms with van der Waals surface area (Å²) >= 11 is 0. The van der Waals surface area contributed by atoms with Gasteiger partial charge in [-0.05, 0) is 18.8 Å². The van der Waals surface area contributed by atoms with Crippen LogP contribution in [-0.4, -0.2) is 34.7 Å². The molecule has 100 valence electrons. The molecule has 1 heterocycles. The van der Waals surface area contributed by atoms with Gasteiger partial charge in [-0.3, -0.25) is 4.79 Å². The molecule has 0 radical (unpaired) electrons. The van der Waals surface area contributed by atoms with Crippen molar-refractivity contribution in [2.45, 2.75) is 26.2 Å². The monoisotopic (exact) mass is 253 g/mol. The van der Waals surface area contributed by atoms with Crippen LogP contribution in [-0.2, 0) is 4.79 Å². The van der Waals surface area contributed by atoms with Crippen LogP contribution < -0.4 is 10.1 Å². The average molecular weight is 253 g/mol. The third kappa shape index (κ3) is 5.47. The van der Waals surface area contributed by atoms with E-state index in [9.17, 15) is 4.79 Å². The van der Waals surface area contributed by atoms with E-state index in [4.69, 9.17) is 9.84 Å². The molecule has 1 aromatic heterocycles. The van der Waals surface area contributed by atoms with Gasteiger partial charge >= 0.3 is 5.97 Å². The number of anilines is 1. The van der Waals surface area contributed by atoms with Gasteiger partial charge in [-0.15, -0.1) is 0 Å². The number of hydrogen-bond donors (Lipinski definition) is 2. The summed E-state index contributed by atoms with van der Waals surface area (Å²) in [5.41, 5.74) is 0. The molecule has 0 aliphatic heterocycles. The third-order valence-electron chi connectivity index (χ3n) is 2.61. The van der Waals surface area contributed by atoms with Crippen LogP contribution in [0.5, 0.6) is 5.88 Å². The van der Waals surface area contributed by atoms with Gasteiger partial charge in [0.25, 0.3) is 0 Å². The largest absolute Gasteiger partial charge is 0.481 e. The van der Waals surface area contributed by atoms with Crippen LogP contribution in [0.1, 0.15) is 26.2 Å². The predicted octanol–water partition coefficient (Wildman–Crippen LogP) is 1.79. The number of carbonyl (C=O) groups is 1. The summed E-state index contributed by atoms with van der Waals surface area (Å²) in [6.07, 6.45) is 3.42. The number of methoxy groups -OCH3 is 1. The molecule has 0 amide bonds. The van der Waals surface area contributed by atoms with Gasteiger partial charge in [0.1, 0.15) is 0 Å². The maximum absolute atomic E-state index is 10.4. The molecule has 2 N–H and O–H groups in total. The Kier molecular flexibility index (Phi) is 5.90. The molecule has 0 fully saturated rings. The van der Waals surface area contributed by atoms with Crippen LogP contribution >= 0.6 is 0 Å². The van der Waals surface area contributed by atoms with Crippen molar-refractivity contribution in [2.24, 2.45) is 5.92 Å². The van der Waals surface area contributed by atoms with E-state index in [0.717, 1.165) is 6.42 Å². The topological polar surface area (TPSA) is 84.3 Å². The molecule has 6 nitrogen and oxygen atoms in total. The summed E-state index contributed by atoms with van der Waals surface area (Å²) in [6.45, 7) is 2.75. The van der Waals surface area contributed by atoms with Gasteiger partial charge in [-0.2, -0.15) is 4.98 Å². The van der Waals surface area contributed by atoms with Gasteiger partial charge < -0.3 is 15.2 Å². The number of carboxylic acid groups (broad SMARTS) is 1. The number of hydrogen-bond acceptors (Lipinski definition) is 5. The Hall–Kier alpha value is -1.85. The summed E-state index contributed by atoms with van der Waals surface area (Å²) in [6, 6.07) is 1.68. The lowest BCUT2D eigenvalue weighted by Crippen LogP contribution is -2.10. The SMILES string of the molecule is COc1ccnc(NCCC(C)CCC(=O)O)n1. The van der Waals surface area contributed by atoms with Crippen molar-refractivity contribution in [3.05, 3.63) is 12.3 Å². The minimum atomic E-state index is -0.745. The van der Waals surface area contributed by atoms with Crippen LogP contribution in [0.3, 0.4) is 0 Å². The second-order valence-corrected chi connectivity index (χ2v) is 4.18. The zero-order chi connectivity index (χ0) is 13.4. The smallest absolute Gasteiger partial charge is 0.303 e. The van der Waals surface area contributed by atoms with E-state index in [1.165, 1.54) is 0 Å². The maximum atomic E-state index is 10.4. The highest BCUT2D eigenvalue weighted by Crippen LogP contribution is 2.11. The summed E-state index contributed by atoms with van der Waals surface area (Å²) in [4.78, 5) is 18.6. The van der Waals surface area contributed by atoms with E-state index in [1.54, 1.807) is 19.4 Å². The van der Waals surface area contributed by atoms with E-state index in [-0.39, 0.29) is 6.42 Å². The van der Waals surface area contributed by atoms with Crippen LogP contribution in [0.2, 0.25) is 0 Å². The lowest BCUT2D eigenvalue weighted by Gasteiger charge is -2.10. The molecule has 6 heteroatoms. The summed E-state index contributed by atoms with van der Waals surface area (Å²) in [7, 11) is 1.56. The number of nitrogens with zero attached hydrogens (tertiary/aromatic N) is 2. The molecule has 1 aromatic rings. The van der Waals surface area contributed by atoms with E-state index < -0.39 is 5.97 Å². The number of nitrogens with one attached hydrogen (secondary N) is 1. The summed E-state index contributed by atoms with van der Waals surface area (Å²) in [5.74, 6) is 0.663. The van der Waals surface area contributed by atoms with Crippen LogP contribution in [0.15, 0.2) is 12.3 Å². The Bertz CT molecular complexity index is 385. The fraction of sp³-hybridized carbons (Fsp3) is 0.583. The van der Waals surface area contributed by atoms with Crippen molar-refractivity contribution in [2.75, 3.05) is 19.0 Å². The lowest BCUT2D eigenvalue weighted by atomic mass is 10.0. The molecule has 0 aliphatic carbocycles. The molecule has 1 unspecified atom stereocenters. The van der Waals surface area contributed by atoms with E-state index in [0.29, 0.717) is 30.7 Å². The first-order chi connectivity index (χ1) is 8.61. The van der Waals surface area contributed by atoms with Crippen LogP contribution in [0.4, 0.5) is 5.95 Å². The maximum Gasteiger partial charge on any atom is 0.303 e. The van der Waals surface area contributed by atoms with Crippen molar-refractivity contribution in [1.29, 1.82) is 0 Å². The van der Waals surface area contributed by atoms with Gasteiger partial charge in [0.15, 0.2) is 0 Å². The fourth-order valence-corrected chi connectivity index (χ4v) is 1.49. The van der Waals surface area contributed by atoms with Gasteiger partial charge in [0, 0.05) is 25.2 Å². The molecule has 1 rings (SSSR count). The highest BCUT2D eigenvalue weighted by atomic mass is 16.5. The molecule has 0 aliphatic rings. The molecular formula is C12H19N3O3. The second-order valence-electron chi connectivity index (χ2n) is 4.18. The molecular weight excluding hydrogens is 234 g/mol.